The number of carbonyl (C=O) groups is 3. The number of carbonyl (C=O) groups excluding carboxylic acids is 2. The number of hydrogen-bond acceptors (Lipinski definition) is 10. The summed E-state index contributed by atoms with van der Waals surface area (Å²) in [5, 5.41) is 23.7. The van der Waals surface area contributed by atoms with Crippen LogP contribution in [0.3, 0.4) is 0 Å². The van der Waals surface area contributed by atoms with Gasteiger partial charge in [-0.2, -0.15) is 4.80 Å². The molecule has 2 aromatic rings. The molecule has 2 N–H and O–H groups in total. The highest BCUT2D eigenvalue weighted by atomic mass is 35.5. The van der Waals surface area contributed by atoms with Crippen LogP contribution >= 0.6 is 46.7 Å². The zero-order valence-electron chi connectivity index (χ0n) is 17.4. The SMILES string of the molecule is COCCOCCSC(=O)NC(CC(=O)O)C(=O)Cn1nnc(Sc2c(Cl)cccc2Cl)n1. The minimum atomic E-state index is -1.25. The van der Waals surface area contributed by atoms with Crippen molar-refractivity contribution in [3.8, 4) is 0 Å². The first-order chi connectivity index (χ1) is 15.8. The van der Waals surface area contributed by atoms with Crippen molar-refractivity contribution >= 4 is 63.7 Å². The van der Waals surface area contributed by atoms with Crippen molar-refractivity contribution in [1.29, 1.82) is 0 Å². The number of aromatic nitrogens is 4. The second kappa shape index (κ2) is 14.4. The summed E-state index contributed by atoms with van der Waals surface area (Å²) in [5.74, 6) is -1.50. The molecule has 0 spiro atoms. The molecule has 0 aliphatic heterocycles. The predicted molar refractivity (Wildman–Crippen MR) is 123 cm³/mol. The second-order valence-corrected chi connectivity index (χ2v) is 9.12. The average Bonchev–Trinajstić information content (AvgIpc) is 3.19. The Morgan fingerprint density at radius 3 is 2.61 bits per heavy atom. The van der Waals surface area contributed by atoms with Gasteiger partial charge in [0, 0.05) is 12.9 Å². The Hall–Kier alpha value is -1.90. The number of ketones is 1. The maximum Gasteiger partial charge on any atom is 0.305 e. The van der Waals surface area contributed by atoms with Gasteiger partial charge in [-0.15, -0.1) is 10.2 Å². The first-order valence-electron chi connectivity index (χ1n) is 9.44. The molecule has 1 unspecified atom stereocenters. The van der Waals surface area contributed by atoms with Crippen molar-refractivity contribution in [2.45, 2.75) is 29.1 Å². The van der Waals surface area contributed by atoms with Gasteiger partial charge in [-0.25, -0.2) is 0 Å². The van der Waals surface area contributed by atoms with E-state index in [1.54, 1.807) is 25.3 Å². The van der Waals surface area contributed by atoms with Crippen LogP contribution in [0.1, 0.15) is 6.42 Å². The highest BCUT2D eigenvalue weighted by molar-refractivity contribution is 8.13. The quantitative estimate of drug-likeness (QED) is 0.342. The molecule has 1 aromatic carbocycles. The smallest absolute Gasteiger partial charge is 0.305 e. The van der Waals surface area contributed by atoms with Gasteiger partial charge in [-0.1, -0.05) is 41.0 Å². The molecule has 33 heavy (non-hydrogen) atoms. The molecule has 11 nitrogen and oxygen atoms in total. The molecule has 2 rings (SSSR count). The number of ether oxygens (including phenoxy) is 2. The lowest BCUT2D eigenvalue weighted by Crippen LogP contribution is -2.42. The van der Waals surface area contributed by atoms with Crippen molar-refractivity contribution in [2.24, 2.45) is 0 Å². The van der Waals surface area contributed by atoms with Gasteiger partial charge in [-0.3, -0.25) is 14.4 Å². The minimum Gasteiger partial charge on any atom is -0.481 e. The van der Waals surface area contributed by atoms with Crippen molar-refractivity contribution in [3.63, 3.8) is 0 Å². The zero-order chi connectivity index (χ0) is 24.2. The largest absolute Gasteiger partial charge is 0.481 e. The molecule has 0 aliphatic carbocycles. The van der Waals surface area contributed by atoms with E-state index >= 15 is 0 Å². The van der Waals surface area contributed by atoms with Crippen molar-refractivity contribution in [1.82, 2.24) is 25.5 Å². The number of thioether (sulfide) groups is 1. The van der Waals surface area contributed by atoms with E-state index in [4.69, 9.17) is 37.8 Å². The number of tetrazole rings is 1. The molecule has 0 radical (unpaired) electrons. The normalized spacial score (nSPS) is 11.8. The standard InChI is InChI=1S/C18H21Cl2N5O6S2/c1-30-5-6-31-7-8-32-18(29)21-13(9-15(27)28)14(26)10-25-23-17(22-24-25)33-16-11(19)3-2-4-12(16)20/h2-4,13H,5-10H2,1H3,(H,21,29)(H,27,28). The summed E-state index contributed by atoms with van der Waals surface area (Å²) in [5.41, 5.74) is 0. The van der Waals surface area contributed by atoms with Gasteiger partial charge in [0.05, 0.1) is 41.2 Å². The Bertz CT molecular complexity index is 944. The number of rotatable bonds is 14. The van der Waals surface area contributed by atoms with E-state index in [0.29, 0.717) is 40.5 Å². The summed E-state index contributed by atoms with van der Waals surface area (Å²) in [4.78, 5) is 37.4. The molecule has 0 fully saturated rings. The minimum absolute atomic E-state index is 0.195. The van der Waals surface area contributed by atoms with Crippen molar-refractivity contribution < 1.29 is 29.0 Å². The molecular weight excluding hydrogens is 517 g/mol. The summed E-state index contributed by atoms with van der Waals surface area (Å²) in [7, 11) is 1.55. The van der Waals surface area contributed by atoms with E-state index in [2.05, 4.69) is 20.7 Å². The molecule has 1 heterocycles. The van der Waals surface area contributed by atoms with Gasteiger partial charge in [0.25, 0.3) is 5.24 Å². The summed E-state index contributed by atoms with van der Waals surface area (Å²) >= 11 is 14.2. The van der Waals surface area contributed by atoms with Gasteiger partial charge in [0.15, 0.2) is 5.78 Å². The highest BCUT2D eigenvalue weighted by Gasteiger charge is 2.25. The molecule has 180 valence electrons. The monoisotopic (exact) mass is 537 g/mol. The van der Waals surface area contributed by atoms with E-state index in [-0.39, 0.29) is 11.7 Å². The molecule has 15 heteroatoms. The van der Waals surface area contributed by atoms with E-state index < -0.39 is 29.5 Å². The summed E-state index contributed by atoms with van der Waals surface area (Å²) in [6, 6.07) is 3.76. The molecular formula is C18H21Cl2N5O6S2. The van der Waals surface area contributed by atoms with Crippen LogP contribution in [0.2, 0.25) is 10.0 Å². The van der Waals surface area contributed by atoms with Crippen LogP contribution in [0.25, 0.3) is 0 Å². The van der Waals surface area contributed by atoms with Gasteiger partial charge in [0.2, 0.25) is 5.16 Å². The number of nitrogens with one attached hydrogen (secondary N) is 1. The Balaban J connectivity index is 1.91. The third-order valence-electron chi connectivity index (χ3n) is 3.80. The first-order valence-corrected chi connectivity index (χ1v) is 12.0. The third-order valence-corrected chi connectivity index (χ3v) is 6.39. The molecule has 0 bridgehead atoms. The fourth-order valence-corrected chi connectivity index (χ4v) is 4.27. The van der Waals surface area contributed by atoms with E-state index in [1.807, 2.05) is 0 Å². The lowest BCUT2D eigenvalue weighted by molar-refractivity contribution is -0.139. The number of Topliss-reactive ketones (excluding diaryl/α,β-unsaturated/α-hetero) is 1. The molecule has 1 atom stereocenters. The van der Waals surface area contributed by atoms with Crippen LogP contribution in [0.4, 0.5) is 4.79 Å². The van der Waals surface area contributed by atoms with E-state index in [1.165, 1.54) is 0 Å². The second-order valence-electron chi connectivity index (χ2n) is 6.26. The molecule has 1 aromatic heterocycles. The Labute approximate surface area is 207 Å². The van der Waals surface area contributed by atoms with Gasteiger partial charge in [-0.05, 0) is 29.1 Å². The zero-order valence-corrected chi connectivity index (χ0v) is 20.5. The topological polar surface area (TPSA) is 146 Å². The van der Waals surface area contributed by atoms with Gasteiger partial charge in [0.1, 0.15) is 12.6 Å². The van der Waals surface area contributed by atoms with Gasteiger partial charge >= 0.3 is 5.97 Å². The van der Waals surface area contributed by atoms with E-state index in [0.717, 1.165) is 28.3 Å². The number of benzene rings is 1. The lowest BCUT2D eigenvalue weighted by atomic mass is 10.1. The van der Waals surface area contributed by atoms with E-state index in [9.17, 15) is 14.4 Å². The Morgan fingerprint density at radius 1 is 1.21 bits per heavy atom. The maximum atomic E-state index is 12.6. The third kappa shape index (κ3) is 9.86. The number of halogens is 2. The summed E-state index contributed by atoms with van der Waals surface area (Å²) < 4.78 is 10.1. The molecule has 0 aliphatic rings. The van der Waals surface area contributed by atoms with Crippen molar-refractivity contribution in [3.05, 3.63) is 28.2 Å². The maximum absolute atomic E-state index is 12.6. The Morgan fingerprint density at radius 2 is 1.94 bits per heavy atom. The van der Waals surface area contributed by atoms with Crippen LogP contribution in [0.15, 0.2) is 28.3 Å². The van der Waals surface area contributed by atoms with Crippen LogP contribution in [-0.2, 0) is 25.6 Å². The first kappa shape index (κ1) is 27.3. The number of nitrogens with zero attached hydrogens (tertiary/aromatic N) is 4. The number of carboxylic acids is 1. The highest BCUT2D eigenvalue weighted by Crippen LogP contribution is 2.36. The molecule has 0 saturated carbocycles. The predicted octanol–water partition coefficient (Wildman–Crippen LogP) is 2.65. The molecule has 0 saturated heterocycles. The van der Waals surface area contributed by atoms with Crippen LogP contribution < -0.4 is 5.32 Å². The summed E-state index contributed by atoms with van der Waals surface area (Å²) in [6.45, 7) is 0.755. The fraction of sp³-hybridized carbons (Fsp3) is 0.444. The fourth-order valence-electron chi connectivity index (χ4n) is 2.30. The number of methoxy groups -OCH3 is 1. The average molecular weight is 538 g/mol. The lowest BCUT2D eigenvalue weighted by Gasteiger charge is -2.15. The summed E-state index contributed by atoms with van der Waals surface area (Å²) in [6.07, 6.45) is -0.582. The molecule has 1 amide bonds. The number of carboxylic acid groups (broad SMARTS) is 1. The number of amides is 1. The van der Waals surface area contributed by atoms with Crippen LogP contribution in [0, 0.1) is 0 Å². The Kier molecular flexibility index (Phi) is 11.9. The number of aliphatic carboxylic acids is 1. The number of hydrogen-bond donors (Lipinski definition) is 2. The van der Waals surface area contributed by atoms with Crippen molar-refractivity contribution in [2.75, 3.05) is 32.7 Å². The van der Waals surface area contributed by atoms with Crippen LogP contribution in [-0.4, -0.2) is 81.0 Å². The van der Waals surface area contributed by atoms with Gasteiger partial charge < -0.3 is 19.9 Å². The van der Waals surface area contributed by atoms with Crippen LogP contribution in [0.5, 0.6) is 0 Å².